The fourth-order valence-corrected chi connectivity index (χ4v) is 2.08. The van der Waals surface area contributed by atoms with Gasteiger partial charge in [0.2, 0.25) is 0 Å². The second kappa shape index (κ2) is 5.16. The van der Waals surface area contributed by atoms with Gasteiger partial charge in [0.15, 0.2) is 0 Å². The van der Waals surface area contributed by atoms with Crippen LogP contribution in [0, 0.1) is 0 Å². The molecular weight excluding hydrogens is 734 g/mol. The van der Waals surface area contributed by atoms with Crippen molar-refractivity contribution in [3.8, 4) is 0 Å². The van der Waals surface area contributed by atoms with Crippen LogP contribution in [0.1, 0.15) is 31.7 Å². The van der Waals surface area contributed by atoms with Crippen molar-refractivity contribution in [2.45, 2.75) is 39.4 Å². The molecule has 6 heteroatoms. The third-order valence-electron chi connectivity index (χ3n) is 3.08. The van der Waals surface area contributed by atoms with E-state index in [1.165, 1.54) is 5.69 Å². The van der Waals surface area contributed by atoms with Gasteiger partial charge in [-0.05, 0) is 26.3 Å². The Morgan fingerprint density at radius 3 is 2.61 bits per heavy atom. The van der Waals surface area contributed by atoms with E-state index in [0.717, 1.165) is 26.1 Å². The molecule has 1 N–H and O–H groups in total. The molecule has 1 aliphatic rings. The first-order valence-electron chi connectivity index (χ1n) is 5.79. The zero-order chi connectivity index (χ0) is 11.7. The summed E-state index contributed by atoms with van der Waals surface area (Å²) >= 11 is 0. The first kappa shape index (κ1) is 14.7. The molecule has 0 unspecified atom stereocenters. The smallest absolute Gasteiger partial charge is 0.0698 e. The molecule has 1 aromatic heterocycles. The van der Waals surface area contributed by atoms with E-state index >= 15 is 0 Å². The summed E-state index contributed by atoms with van der Waals surface area (Å²) in [5.41, 5.74) is 9.72. The van der Waals surface area contributed by atoms with E-state index in [2.05, 4.69) is 30.4 Å². The topological polar surface area (TPSA) is 44.9 Å². The van der Waals surface area contributed by atoms with Gasteiger partial charge in [0.25, 0.3) is 0 Å². The van der Waals surface area contributed by atoms with Crippen LogP contribution < -0.4 is 0 Å². The van der Waals surface area contributed by atoms with Gasteiger partial charge in [0.05, 0.1) is 11.4 Å². The fraction of sp³-hybridized carbons (Fsp3) is 0.583. The van der Waals surface area contributed by atoms with Crippen molar-refractivity contribution >= 4 is 5.70 Å². The average Bonchev–Trinajstić information content (AvgIpc) is 2.50. The van der Waals surface area contributed by atoms with Gasteiger partial charge in [-0.2, -0.15) is 5.10 Å². The molecule has 0 aliphatic carbocycles. The summed E-state index contributed by atoms with van der Waals surface area (Å²) < 4.78 is 2.03. The maximum absolute atomic E-state index is 7.50. The monoisotopic (exact) mass is 753 g/mol. The molecular formula is C12H19N4Rf2-. The van der Waals surface area contributed by atoms with Gasteiger partial charge in [0.1, 0.15) is 0 Å². The molecule has 0 aromatic carbocycles. The Hall–Kier alpha value is -3.29. The van der Waals surface area contributed by atoms with Crippen molar-refractivity contribution in [1.29, 1.82) is 0 Å². The molecule has 0 saturated carbocycles. The minimum atomic E-state index is 0. The molecule has 2 rings (SSSR count). The maximum atomic E-state index is 7.50. The van der Waals surface area contributed by atoms with Crippen LogP contribution in [0.5, 0.6) is 0 Å². The van der Waals surface area contributed by atoms with Crippen molar-refractivity contribution in [3.05, 3.63) is 29.8 Å². The van der Waals surface area contributed by atoms with Gasteiger partial charge in [0, 0.05) is 25.7 Å². The van der Waals surface area contributed by atoms with Crippen LogP contribution in [0.2, 0.25) is 0 Å². The van der Waals surface area contributed by atoms with E-state index in [-0.39, 0.29) is 0 Å². The van der Waals surface area contributed by atoms with Crippen molar-refractivity contribution in [3.63, 3.8) is 0 Å². The van der Waals surface area contributed by atoms with Gasteiger partial charge in [-0.15, -0.1) is 12.3 Å². The molecule has 92 valence electrons. The van der Waals surface area contributed by atoms with Crippen LogP contribution >= 0.6 is 0 Å². The normalized spacial score (nSPS) is 15.3. The number of nitrogens with one attached hydrogen (secondary N) is 1. The van der Waals surface area contributed by atoms with Crippen molar-refractivity contribution in [2.24, 2.45) is 0 Å². The van der Waals surface area contributed by atoms with Crippen LogP contribution in [0.25, 0.3) is 11.4 Å². The molecule has 1 aliphatic heterocycles. The van der Waals surface area contributed by atoms with E-state index in [4.69, 9.17) is 5.73 Å². The summed E-state index contributed by atoms with van der Waals surface area (Å²) in [6, 6.07) is 2.56. The Balaban J connectivity index is 0.00000144. The Morgan fingerprint density at radius 1 is 1.39 bits per heavy atom. The molecule has 0 fully saturated rings. The van der Waals surface area contributed by atoms with E-state index in [1.54, 1.807) is 0 Å². The molecule has 18 heavy (non-hydrogen) atoms. The van der Waals surface area contributed by atoms with Gasteiger partial charge < -0.3 is 5.73 Å². The molecule has 0 amide bonds. The van der Waals surface area contributed by atoms with E-state index in [9.17, 15) is 0 Å². The largest absolute Gasteiger partial charge is 0.697 e. The summed E-state index contributed by atoms with van der Waals surface area (Å²) in [6.45, 7) is 11.1. The molecule has 0 spiro atoms. The SMILES string of the molecule is C=C([NH-])c1cc2n(n1)CCCN(C(C)C)C2.[Rf].[Rf]. The summed E-state index contributed by atoms with van der Waals surface area (Å²) in [4.78, 5) is 2.44. The zero-order valence-corrected chi connectivity index (χ0v) is 24.2. The van der Waals surface area contributed by atoms with Crippen LogP contribution in [-0.4, -0.2) is 27.3 Å². The first-order valence-corrected chi connectivity index (χ1v) is 5.79. The molecule has 2 heterocycles. The maximum Gasteiger partial charge on any atom is 0.0698 e. The molecule has 4 nitrogen and oxygen atoms in total. The number of aromatic nitrogens is 2. The van der Waals surface area contributed by atoms with Crippen LogP contribution in [0.4, 0.5) is 0 Å². The minimum absolute atomic E-state index is 0. The van der Waals surface area contributed by atoms with Crippen LogP contribution in [0.3, 0.4) is 0 Å². The van der Waals surface area contributed by atoms with Gasteiger partial charge in [-0.25, -0.2) is 0 Å². The van der Waals surface area contributed by atoms with Gasteiger partial charge in [-0.1, -0.05) is 0 Å². The first-order chi connectivity index (χ1) is 7.58. The van der Waals surface area contributed by atoms with Crippen LogP contribution in [-0.2, 0) is 13.1 Å². The summed E-state index contributed by atoms with van der Waals surface area (Å²) in [5.74, 6) is 0. The standard InChI is InChI=1S/C12H19N4.2Rf/c1-9(2)15-5-4-6-16-11(8-15)7-12(14-16)10(3)13;;/h7,9,13H,3-6,8H2,1-2H3;;/q-1;;. The number of fused-ring (bicyclic) bond motifs is 1. The molecule has 1 aromatic rings. The summed E-state index contributed by atoms with van der Waals surface area (Å²) in [7, 11) is 0. The predicted octanol–water partition coefficient (Wildman–Crippen LogP) is 2.52. The van der Waals surface area contributed by atoms with E-state index in [0.29, 0.717) is 17.4 Å². The van der Waals surface area contributed by atoms with Crippen molar-refractivity contribution < 1.29 is 0 Å². The second-order valence-corrected chi connectivity index (χ2v) is 4.64. The average molecular weight is 753 g/mol. The second-order valence-electron chi connectivity index (χ2n) is 4.64. The van der Waals surface area contributed by atoms with Gasteiger partial charge >= 0.3 is 0 Å². The Morgan fingerprint density at radius 2 is 2.06 bits per heavy atom. The van der Waals surface area contributed by atoms with Crippen molar-refractivity contribution in [2.75, 3.05) is 6.54 Å². The quantitative estimate of drug-likeness (QED) is 0.467. The molecule has 0 atom stereocenters. The molecule has 0 saturated heterocycles. The van der Waals surface area contributed by atoms with Gasteiger partial charge in [-0.3, -0.25) is 9.58 Å². The van der Waals surface area contributed by atoms with Crippen molar-refractivity contribution in [1.82, 2.24) is 14.7 Å². The third kappa shape index (κ3) is 2.44. The number of hydrogen-bond acceptors (Lipinski definition) is 2. The van der Waals surface area contributed by atoms with Crippen LogP contribution in [0.15, 0.2) is 12.6 Å². The number of aryl methyl sites for hydroxylation is 1. The predicted molar refractivity (Wildman–Crippen MR) is 65.7 cm³/mol. The van der Waals surface area contributed by atoms with E-state index < -0.39 is 0 Å². The zero-order valence-electron chi connectivity index (χ0n) is 11.4. The minimum Gasteiger partial charge on any atom is -0.697 e. The third-order valence-corrected chi connectivity index (χ3v) is 3.08. The number of rotatable bonds is 2. The number of nitrogens with zero attached hydrogens (tertiary/aromatic N) is 3. The fourth-order valence-electron chi connectivity index (χ4n) is 2.08. The molecule has 0 radical (unpaired) electrons. The van der Waals surface area contributed by atoms with E-state index in [1.807, 2.05) is 10.7 Å². The summed E-state index contributed by atoms with van der Waals surface area (Å²) in [5, 5.41) is 4.41. The number of hydrogen-bond donors (Lipinski definition) is 0. The molecule has 0 bridgehead atoms. The Kier molecular flexibility index (Phi) is 4.22. The Labute approximate surface area is 96.7 Å². The Bertz CT molecular complexity index is 401. The summed E-state index contributed by atoms with van der Waals surface area (Å²) in [6.07, 6.45) is 1.12.